The number of ether oxygens (including phenoxy) is 1. The molecule has 3 aromatic rings. The Hall–Kier alpha value is -3.19. The number of carbonyl (C=O) groups excluding carboxylic acids is 1. The van der Waals surface area contributed by atoms with E-state index in [0.717, 1.165) is 42.5 Å². The average Bonchev–Trinajstić information content (AvgIpc) is 3.38. The molecular weight excluding hydrogens is 380 g/mol. The fourth-order valence-electron chi connectivity index (χ4n) is 4.22. The van der Waals surface area contributed by atoms with Crippen LogP contribution >= 0.6 is 0 Å². The molecule has 1 aromatic carbocycles. The van der Waals surface area contributed by atoms with Crippen molar-refractivity contribution in [3.05, 3.63) is 54.2 Å². The maximum absolute atomic E-state index is 12.0. The van der Waals surface area contributed by atoms with Crippen molar-refractivity contribution in [3.63, 3.8) is 0 Å². The van der Waals surface area contributed by atoms with Gasteiger partial charge in [0.05, 0.1) is 5.69 Å². The number of para-hydroxylation sites is 1. The van der Waals surface area contributed by atoms with E-state index >= 15 is 0 Å². The Balaban J connectivity index is 1.74. The number of aromatic nitrogens is 3. The van der Waals surface area contributed by atoms with Crippen molar-refractivity contribution in [1.29, 1.82) is 0 Å². The maximum Gasteiger partial charge on any atom is 0.245 e. The van der Waals surface area contributed by atoms with Crippen LogP contribution in [0.3, 0.4) is 0 Å². The van der Waals surface area contributed by atoms with Crippen LogP contribution < -0.4 is 0 Å². The smallest absolute Gasteiger partial charge is 0.245 e. The summed E-state index contributed by atoms with van der Waals surface area (Å²) in [7, 11) is 1.70. The molecule has 1 saturated heterocycles. The molecule has 1 atom stereocenters. The topological polar surface area (TPSA) is 91.3 Å². The molecule has 1 amide bonds. The molecule has 30 heavy (non-hydrogen) atoms. The maximum atomic E-state index is 12.0. The Labute approximate surface area is 175 Å². The number of nitrogens with one attached hydrogen (secondary N) is 1. The average molecular weight is 406 g/mol. The molecule has 2 N–H and O–H groups in total. The molecule has 3 heterocycles. The summed E-state index contributed by atoms with van der Waals surface area (Å²) in [5.41, 5.74) is 4.32. The third kappa shape index (κ3) is 3.80. The molecule has 4 rings (SSSR count). The lowest BCUT2D eigenvalue weighted by molar-refractivity contribution is -0.125. The molecule has 0 bridgehead atoms. The van der Waals surface area contributed by atoms with Crippen LogP contribution in [-0.4, -0.2) is 57.9 Å². The third-order valence-corrected chi connectivity index (χ3v) is 5.74. The molecular formula is C23H26N4O3. The number of hydrogen-bond acceptors (Lipinski definition) is 5. The molecule has 0 radical (unpaired) electrons. The first-order valence-electron chi connectivity index (χ1n) is 10.2. The van der Waals surface area contributed by atoms with Gasteiger partial charge in [0.15, 0.2) is 5.65 Å². The number of fused-ring (bicyclic) bond motifs is 1. The minimum absolute atomic E-state index is 0.0313. The van der Waals surface area contributed by atoms with E-state index in [2.05, 4.69) is 21.8 Å². The van der Waals surface area contributed by atoms with Crippen molar-refractivity contribution in [2.24, 2.45) is 0 Å². The highest BCUT2D eigenvalue weighted by molar-refractivity contribution is 5.88. The number of aryl methyl sites for hydroxylation is 1. The molecule has 156 valence electrons. The molecule has 0 saturated carbocycles. The van der Waals surface area contributed by atoms with Gasteiger partial charge in [-0.2, -0.15) is 0 Å². The van der Waals surface area contributed by atoms with E-state index < -0.39 is 0 Å². The van der Waals surface area contributed by atoms with Crippen molar-refractivity contribution in [2.75, 3.05) is 26.8 Å². The summed E-state index contributed by atoms with van der Waals surface area (Å²) in [4.78, 5) is 17.3. The highest BCUT2D eigenvalue weighted by atomic mass is 16.5. The molecule has 0 aliphatic carbocycles. The van der Waals surface area contributed by atoms with Gasteiger partial charge in [-0.15, -0.1) is 10.2 Å². The van der Waals surface area contributed by atoms with Gasteiger partial charge >= 0.3 is 0 Å². The molecule has 1 fully saturated rings. The predicted molar refractivity (Wildman–Crippen MR) is 115 cm³/mol. The quantitative estimate of drug-likeness (QED) is 0.463. The van der Waals surface area contributed by atoms with Crippen LogP contribution in [0.4, 0.5) is 0 Å². The minimum Gasteiger partial charge on any atom is -0.507 e. The Morgan fingerprint density at radius 3 is 3.00 bits per heavy atom. The number of H-pyrrole nitrogens is 1. The van der Waals surface area contributed by atoms with Crippen molar-refractivity contribution in [2.45, 2.75) is 25.2 Å². The summed E-state index contributed by atoms with van der Waals surface area (Å²) in [6.07, 6.45) is 3.98. The summed E-state index contributed by atoms with van der Waals surface area (Å²) in [6, 6.07) is 9.12. The molecule has 7 nitrogen and oxygen atoms in total. The van der Waals surface area contributed by atoms with Crippen LogP contribution in [0, 0.1) is 0 Å². The number of aromatic amines is 1. The number of phenols is 1. The number of methoxy groups -OCH3 is 1. The van der Waals surface area contributed by atoms with E-state index in [1.807, 2.05) is 23.1 Å². The zero-order valence-electron chi connectivity index (χ0n) is 17.1. The molecule has 0 spiro atoms. The SMILES string of the molecule is C=CC(=O)N1CCC(c2[nH]c3nnc(-c4ccccc4O)cc3c2CCCOC)C1. The Morgan fingerprint density at radius 2 is 2.23 bits per heavy atom. The molecule has 1 aliphatic heterocycles. The molecule has 2 aromatic heterocycles. The number of carbonyl (C=O) groups is 1. The van der Waals surface area contributed by atoms with Gasteiger partial charge in [0.2, 0.25) is 5.91 Å². The van der Waals surface area contributed by atoms with E-state index in [1.165, 1.54) is 11.6 Å². The van der Waals surface area contributed by atoms with E-state index in [4.69, 9.17) is 4.74 Å². The first-order chi connectivity index (χ1) is 14.6. The number of nitrogens with zero attached hydrogens (tertiary/aromatic N) is 3. The van der Waals surface area contributed by atoms with Gasteiger partial charge in [0, 0.05) is 49.4 Å². The Bertz CT molecular complexity index is 1080. The van der Waals surface area contributed by atoms with Gasteiger partial charge in [-0.1, -0.05) is 18.7 Å². The number of aromatic hydroxyl groups is 1. The van der Waals surface area contributed by atoms with Gasteiger partial charge in [-0.05, 0) is 49.1 Å². The minimum atomic E-state index is -0.0313. The van der Waals surface area contributed by atoms with Crippen LogP contribution in [0.25, 0.3) is 22.3 Å². The summed E-state index contributed by atoms with van der Waals surface area (Å²) in [5.74, 6) is 0.364. The van der Waals surface area contributed by atoms with Crippen LogP contribution in [-0.2, 0) is 16.0 Å². The van der Waals surface area contributed by atoms with Crippen LogP contribution in [0.2, 0.25) is 0 Å². The Morgan fingerprint density at radius 1 is 1.40 bits per heavy atom. The number of likely N-dealkylation sites (tertiary alicyclic amines) is 1. The van der Waals surface area contributed by atoms with Crippen LogP contribution in [0.5, 0.6) is 5.75 Å². The second-order valence-electron chi connectivity index (χ2n) is 7.60. The lowest BCUT2D eigenvalue weighted by atomic mass is 9.96. The van der Waals surface area contributed by atoms with Crippen LogP contribution in [0.1, 0.15) is 30.0 Å². The van der Waals surface area contributed by atoms with Gasteiger partial charge in [0.25, 0.3) is 0 Å². The second-order valence-corrected chi connectivity index (χ2v) is 7.60. The third-order valence-electron chi connectivity index (χ3n) is 5.74. The number of phenolic OH excluding ortho intramolecular Hbond substituents is 1. The zero-order chi connectivity index (χ0) is 21.1. The zero-order valence-corrected chi connectivity index (χ0v) is 17.1. The van der Waals surface area contributed by atoms with E-state index in [9.17, 15) is 9.90 Å². The number of hydrogen-bond donors (Lipinski definition) is 2. The monoisotopic (exact) mass is 406 g/mol. The lowest BCUT2D eigenvalue weighted by Gasteiger charge is -2.15. The van der Waals surface area contributed by atoms with Crippen LogP contribution in [0.15, 0.2) is 43.0 Å². The molecule has 1 unspecified atom stereocenters. The van der Waals surface area contributed by atoms with E-state index in [-0.39, 0.29) is 17.6 Å². The fraction of sp³-hybridized carbons (Fsp3) is 0.348. The van der Waals surface area contributed by atoms with Crippen molar-refractivity contribution < 1.29 is 14.6 Å². The summed E-state index contributed by atoms with van der Waals surface area (Å²) >= 11 is 0. The first kappa shape index (κ1) is 20.1. The van der Waals surface area contributed by atoms with Gasteiger partial charge in [0.1, 0.15) is 5.75 Å². The second kappa shape index (κ2) is 8.67. The van der Waals surface area contributed by atoms with Gasteiger partial charge in [-0.3, -0.25) is 4.79 Å². The predicted octanol–water partition coefficient (Wildman–Crippen LogP) is 3.41. The summed E-state index contributed by atoms with van der Waals surface area (Å²) in [5, 5.41) is 20.0. The standard InChI is InChI=1S/C23H26N4O3/c1-3-21(29)27-11-10-15(14-27)22-16(8-6-12-30-2)18-13-19(25-26-23(18)24-22)17-7-4-5-9-20(17)28/h3-5,7,9,13,15,28H,1,6,8,10-12,14H2,2H3,(H,24,26). The summed E-state index contributed by atoms with van der Waals surface area (Å²) in [6.45, 7) is 5.65. The van der Waals surface area contributed by atoms with Crippen molar-refractivity contribution in [3.8, 4) is 17.0 Å². The molecule has 7 heteroatoms. The van der Waals surface area contributed by atoms with Crippen molar-refractivity contribution in [1.82, 2.24) is 20.1 Å². The first-order valence-corrected chi connectivity index (χ1v) is 10.2. The number of benzene rings is 1. The summed E-state index contributed by atoms with van der Waals surface area (Å²) < 4.78 is 5.25. The van der Waals surface area contributed by atoms with Gasteiger partial charge in [-0.25, -0.2) is 0 Å². The van der Waals surface area contributed by atoms with E-state index in [1.54, 1.807) is 19.2 Å². The van der Waals surface area contributed by atoms with Gasteiger partial charge < -0.3 is 19.7 Å². The highest BCUT2D eigenvalue weighted by Crippen LogP contribution is 2.35. The Kier molecular flexibility index (Phi) is 5.81. The highest BCUT2D eigenvalue weighted by Gasteiger charge is 2.30. The fourth-order valence-corrected chi connectivity index (χ4v) is 4.22. The van der Waals surface area contributed by atoms with E-state index in [0.29, 0.717) is 24.4 Å². The van der Waals surface area contributed by atoms with Crippen molar-refractivity contribution >= 4 is 16.9 Å². The largest absolute Gasteiger partial charge is 0.507 e. The normalized spacial score (nSPS) is 16.3. The molecule has 1 aliphatic rings. The number of amides is 1. The number of rotatable bonds is 7. The lowest BCUT2D eigenvalue weighted by Crippen LogP contribution is -2.26.